The molecule has 1 atom stereocenters. The first-order valence-electron chi connectivity index (χ1n) is 13.4. The molecule has 0 heterocycles. The summed E-state index contributed by atoms with van der Waals surface area (Å²) in [6.07, 6.45) is 2.79. The highest BCUT2D eigenvalue weighted by Gasteiger charge is 2.33. The van der Waals surface area contributed by atoms with Crippen molar-refractivity contribution in [1.29, 1.82) is 0 Å². The normalized spacial score (nSPS) is 11.9. The SMILES string of the molecule is CCCCNC(=O)[C@H](Cc1ccccc1)N(Cc1cccc(C)c1)C(=O)CN(c1cccc([N+](=O)[O-])c1)S(C)(=O)=O. The van der Waals surface area contributed by atoms with Crippen molar-refractivity contribution in [3.8, 4) is 0 Å². The fraction of sp³-hybridized carbons (Fsp3) is 0.333. The molecule has 218 valence electrons. The summed E-state index contributed by atoms with van der Waals surface area (Å²) < 4.78 is 26.5. The number of rotatable bonds is 14. The fourth-order valence-corrected chi connectivity index (χ4v) is 5.28. The van der Waals surface area contributed by atoms with E-state index in [0.29, 0.717) is 6.54 Å². The lowest BCUT2D eigenvalue weighted by Gasteiger charge is -2.33. The maximum absolute atomic E-state index is 14.1. The molecule has 2 amide bonds. The van der Waals surface area contributed by atoms with Crippen LogP contribution in [0.4, 0.5) is 11.4 Å². The van der Waals surface area contributed by atoms with E-state index in [-0.39, 0.29) is 30.2 Å². The van der Waals surface area contributed by atoms with Crippen molar-refractivity contribution in [3.05, 3.63) is 106 Å². The molecular weight excluding hydrogens is 544 g/mol. The maximum Gasteiger partial charge on any atom is 0.271 e. The van der Waals surface area contributed by atoms with Crippen molar-refractivity contribution in [3.63, 3.8) is 0 Å². The fourth-order valence-electron chi connectivity index (χ4n) is 4.44. The highest BCUT2D eigenvalue weighted by atomic mass is 32.2. The number of unbranched alkanes of at least 4 members (excludes halogenated alkanes) is 1. The van der Waals surface area contributed by atoms with Crippen LogP contribution in [-0.4, -0.2) is 55.4 Å². The van der Waals surface area contributed by atoms with E-state index in [1.54, 1.807) is 0 Å². The van der Waals surface area contributed by atoms with Crippen molar-refractivity contribution >= 4 is 33.2 Å². The van der Waals surface area contributed by atoms with Crippen molar-refractivity contribution in [2.45, 2.75) is 45.7 Å². The molecule has 0 spiro atoms. The molecule has 3 aromatic carbocycles. The van der Waals surface area contributed by atoms with Crippen molar-refractivity contribution < 1.29 is 22.9 Å². The highest BCUT2D eigenvalue weighted by Crippen LogP contribution is 2.24. The Kier molecular flexibility index (Phi) is 11.0. The van der Waals surface area contributed by atoms with Gasteiger partial charge in [0, 0.05) is 31.6 Å². The lowest BCUT2D eigenvalue weighted by molar-refractivity contribution is -0.384. The number of amides is 2. The van der Waals surface area contributed by atoms with Gasteiger partial charge in [-0.25, -0.2) is 8.42 Å². The van der Waals surface area contributed by atoms with Gasteiger partial charge >= 0.3 is 0 Å². The number of hydrogen-bond donors (Lipinski definition) is 1. The summed E-state index contributed by atoms with van der Waals surface area (Å²) in [6.45, 7) is 3.79. The van der Waals surface area contributed by atoms with E-state index in [2.05, 4.69) is 5.32 Å². The number of nitrogens with zero attached hydrogens (tertiary/aromatic N) is 3. The molecule has 0 saturated carbocycles. The van der Waals surface area contributed by atoms with Gasteiger partial charge < -0.3 is 10.2 Å². The molecule has 0 aliphatic carbocycles. The summed E-state index contributed by atoms with van der Waals surface area (Å²) in [5.74, 6) is -0.959. The van der Waals surface area contributed by atoms with Gasteiger partial charge in [0.25, 0.3) is 5.69 Å². The smallest absolute Gasteiger partial charge is 0.271 e. The number of carbonyl (C=O) groups is 2. The number of nitrogens with one attached hydrogen (secondary N) is 1. The second kappa shape index (κ2) is 14.4. The van der Waals surface area contributed by atoms with Crippen LogP contribution in [0.2, 0.25) is 0 Å². The molecule has 0 bridgehead atoms. The third-order valence-corrected chi connectivity index (χ3v) is 7.68. The molecule has 0 radical (unpaired) electrons. The molecule has 11 heteroatoms. The molecule has 10 nitrogen and oxygen atoms in total. The molecule has 0 unspecified atom stereocenters. The zero-order valence-corrected chi connectivity index (χ0v) is 24.3. The van der Waals surface area contributed by atoms with Crippen LogP contribution in [0.3, 0.4) is 0 Å². The summed E-state index contributed by atoms with van der Waals surface area (Å²) in [4.78, 5) is 39.8. The van der Waals surface area contributed by atoms with Gasteiger partial charge in [0.05, 0.1) is 16.9 Å². The molecule has 0 aliphatic heterocycles. The number of benzene rings is 3. The highest BCUT2D eigenvalue weighted by molar-refractivity contribution is 7.92. The second-order valence-electron chi connectivity index (χ2n) is 9.91. The van der Waals surface area contributed by atoms with Crippen molar-refractivity contribution in [2.75, 3.05) is 23.7 Å². The van der Waals surface area contributed by atoms with Gasteiger partial charge in [-0.2, -0.15) is 0 Å². The third-order valence-electron chi connectivity index (χ3n) is 6.54. The molecule has 0 aliphatic rings. The largest absolute Gasteiger partial charge is 0.354 e. The van der Waals surface area contributed by atoms with E-state index in [4.69, 9.17) is 0 Å². The molecular formula is C30H36N4O6S. The van der Waals surface area contributed by atoms with Gasteiger partial charge in [0.2, 0.25) is 21.8 Å². The molecule has 1 N–H and O–H groups in total. The number of nitro benzene ring substituents is 1. The zero-order valence-electron chi connectivity index (χ0n) is 23.5. The van der Waals surface area contributed by atoms with E-state index in [1.807, 2.05) is 68.4 Å². The average Bonchev–Trinajstić information content (AvgIpc) is 2.93. The van der Waals surface area contributed by atoms with E-state index < -0.39 is 33.4 Å². The number of carbonyl (C=O) groups excluding carboxylic acids is 2. The summed E-state index contributed by atoms with van der Waals surface area (Å²) in [5, 5.41) is 14.3. The molecule has 3 rings (SSSR count). The van der Waals surface area contributed by atoms with Crippen LogP contribution >= 0.6 is 0 Å². The van der Waals surface area contributed by atoms with E-state index in [0.717, 1.165) is 46.2 Å². The number of anilines is 1. The van der Waals surface area contributed by atoms with E-state index >= 15 is 0 Å². The number of sulfonamides is 1. The maximum atomic E-state index is 14.1. The van der Waals surface area contributed by atoms with Crippen molar-refractivity contribution in [1.82, 2.24) is 10.2 Å². The number of aryl methyl sites for hydroxylation is 1. The predicted octanol–water partition coefficient (Wildman–Crippen LogP) is 4.23. The summed E-state index contributed by atoms with van der Waals surface area (Å²) in [5.41, 5.74) is 2.26. The monoisotopic (exact) mass is 580 g/mol. The van der Waals surface area contributed by atoms with Gasteiger partial charge in [-0.3, -0.25) is 24.0 Å². The molecule has 0 fully saturated rings. The van der Waals surface area contributed by atoms with Crippen LogP contribution in [-0.2, 0) is 32.6 Å². The van der Waals surface area contributed by atoms with Gasteiger partial charge in [-0.15, -0.1) is 0 Å². The van der Waals surface area contributed by atoms with Crippen LogP contribution in [0.5, 0.6) is 0 Å². The van der Waals surface area contributed by atoms with E-state index in [9.17, 15) is 28.1 Å². The van der Waals surface area contributed by atoms with Gasteiger partial charge in [-0.1, -0.05) is 79.6 Å². The Morgan fingerprint density at radius 2 is 1.66 bits per heavy atom. The lowest BCUT2D eigenvalue weighted by atomic mass is 10.0. The Morgan fingerprint density at radius 3 is 2.29 bits per heavy atom. The van der Waals surface area contributed by atoms with Crippen LogP contribution in [0, 0.1) is 17.0 Å². The minimum Gasteiger partial charge on any atom is -0.354 e. The molecule has 0 aromatic heterocycles. The minimum atomic E-state index is -4.03. The Hall–Kier alpha value is -4.25. The number of nitro groups is 1. The minimum absolute atomic E-state index is 0.0161. The van der Waals surface area contributed by atoms with Gasteiger partial charge in [-0.05, 0) is 30.5 Å². The average molecular weight is 581 g/mol. The standard InChI is InChI=1S/C30H36N4O6S/c1-4-5-17-31-30(36)28(19-24-12-7-6-8-13-24)32(21-25-14-9-11-23(2)18-25)29(35)22-33(41(3,39)40)26-15-10-16-27(20-26)34(37)38/h6-16,18,20,28H,4-5,17,19,21-22H2,1-3H3,(H,31,36)/t28-/m0/s1. The molecule has 41 heavy (non-hydrogen) atoms. The first kappa shape index (κ1) is 31.3. The third kappa shape index (κ3) is 9.14. The van der Waals surface area contributed by atoms with Crippen LogP contribution in [0.25, 0.3) is 0 Å². The molecule has 3 aromatic rings. The first-order chi connectivity index (χ1) is 19.5. The van der Waals surface area contributed by atoms with E-state index in [1.165, 1.54) is 23.1 Å². The second-order valence-corrected chi connectivity index (χ2v) is 11.8. The van der Waals surface area contributed by atoms with Gasteiger partial charge in [0.1, 0.15) is 12.6 Å². The quantitative estimate of drug-likeness (QED) is 0.173. The van der Waals surface area contributed by atoms with Crippen LogP contribution in [0.15, 0.2) is 78.9 Å². The Balaban J connectivity index is 2.05. The summed E-state index contributed by atoms with van der Waals surface area (Å²) in [6, 6.07) is 21.0. The van der Waals surface area contributed by atoms with Crippen LogP contribution in [0.1, 0.15) is 36.5 Å². The topological polar surface area (TPSA) is 130 Å². The van der Waals surface area contributed by atoms with Gasteiger partial charge in [0.15, 0.2) is 0 Å². The number of hydrogen-bond acceptors (Lipinski definition) is 6. The lowest BCUT2D eigenvalue weighted by Crippen LogP contribution is -2.53. The zero-order chi connectivity index (χ0) is 30.0. The first-order valence-corrected chi connectivity index (χ1v) is 15.2. The Bertz CT molecular complexity index is 1460. The summed E-state index contributed by atoms with van der Waals surface area (Å²) in [7, 11) is -4.03. The number of non-ortho nitro benzene ring substituents is 1. The molecule has 0 saturated heterocycles. The van der Waals surface area contributed by atoms with Crippen LogP contribution < -0.4 is 9.62 Å². The Morgan fingerprint density at radius 1 is 0.976 bits per heavy atom. The van der Waals surface area contributed by atoms with Crippen molar-refractivity contribution in [2.24, 2.45) is 0 Å². The Labute approximate surface area is 241 Å². The summed E-state index contributed by atoms with van der Waals surface area (Å²) >= 11 is 0. The predicted molar refractivity (Wildman–Crippen MR) is 159 cm³/mol.